The molecule has 0 bridgehead atoms. The van der Waals surface area contributed by atoms with Gasteiger partial charge in [-0.15, -0.1) is 0 Å². The quantitative estimate of drug-likeness (QED) is 0.433. The topological polar surface area (TPSA) is 92.4 Å². The molecule has 8 nitrogen and oxygen atoms in total. The first-order valence-electron chi connectivity index (χ1n) is 7.27. The molecule has 0 saturated carbocycles. The highest BCUT2D eigenvalue weighted by Crippen LogP contribution is 2.44. The zero-order chi connectivity index (χ0) is 18.4. The maximum Gasteiger partial charge on any atom is 0.270 e. The summed E-state index contributed by atoms with van der Waals surface area (Å²) in [4.78, 5) is 15.8. The van der Waals surface area contributed by atoms with Gasteiger partial charge in [0.15, 0.2) is 5.75 Å². The van der Waals surface area contributed by atoms with E-state index in [1.54, 1.807) is 31.2 Å². The molecule has 0 amide bonds. The summed E-state index contributed by atoms with van der Waals surface area (Å²) in [7, 11) is 4.48. The van der Waals surface area contributed by atoms with Crippen LogP contribution in [0.1, 0.15) is 12.5 Å². The minimum atomic E-state index is -0.463. The monoisotopic (exact) mass is 346 g/mol. The van der Waals surface area contributed by atoms with E-state index in [9.17, 15) is 10.1 Å². The van der Waals surface area contributed by atoms with Gasteiger partial charge in [0.1, 0.15) is 0 Å². The van der Waals surface area contributed by atoms with Crippen LogP contribution in [0.5, 0.6) is 23.0 Å². The van der Waals surface area contributed by atoms with Crippen LogP contribution in [0.2, 0.25) is 0 Å². The SMILES string of the molecule is COc1ccc(O/N=C(\C)c2cccc([N+](=O)[O-])c2)c(OC)c1OC. The van der Waals surface area contributed by atoms with Gasteiger partial charge in [-0.2, -0.15) is 0 Å². The number of oxime groups is 1. The van der Waals surface area contributed by atoms with Gasteiger partial charge < -0.3 is 19.0 Å². The van der Waals surface area contributed by atoms with E-state index >= 15 is 0 Å². The molecule has 8 heteroatoms. The van der Waals surface area contributed by atoms with Crippen molar-refractivity contribution in [1.29, 1.82) is 0 Å². The largest absolute Gasteiger partial charge is 0.493 e. The zero-order valence-corrected chi connectivity index (χ0v) is 14.3. The van der Waals surface area contributed by atoms with E-state index in [0.717, 1.165) is 0 Å². The Balaban J connectivity index is 2.32. The van der Waals surface area contributed by atoms with Crippen molar-refractivity contribution in [2.24, 2.45) is 5.16 Å². The summed E-state index contributed by atoms with van der Waals surface area (Å²) in [6.07, 6.45) is 0. The van der Waals surface area contributed by atoms with Gasteiger partial charge in [0.05, 0.1) is 32.0 Å². The summed E-state index contributed by atoms with van der Waals surface area (Å²) < 4.78 is 15.8. The molecule has 0 aliphatic carbocycles. The molecule has 0 atom stereocenters. The van der Waals surface area contributed by atoms with Crippen LogP contribution in [0.3, 0.4) is 0 Å². The predicted molar refractivity (Wildman–Crippen MR) is 92.0 cm³/mol. The lowest BCUT2D eigenvalue weighted by Crippen LogP contribution is -2.01. The number of rotatable bonds is 7. The molecule has 25 heavy (non-hydrogen) atoms. The third-order valence-corrected chi connectivity index (χ3v) is 3.42. The third kappa shape index (κ3) is 3.97. The molecule has 2 aromatic carbocycles. The van der Waals surface area contributed by atoms with Gasteiger partial charge in [-0.05, 0) is 19.1 Å². The minimum Gasteiger partial charge on any atom is -0.493 e. The lowest BCUT2D eigenvalue weighted by molar-refractivity contribution is -0.384. The molecule has 0 fully saturated rings. The van der Waals surface area contributed by atoms with Gasteiger partial charge in [0, 0.05) is 17.7 Å². The summed E-state index contributed by atoms with van der Waals surface area (Å²) in [6, 6.07) is 9.42. The number of ether oxygens (including phenoxy) is 3. The fourth-order valence-electron chi connectivity index (χ4n) is 2.16. The Bertz CT molecular complexity index is 804. The van der Waals surface area contributed by atoms with Gasteiger partial charge in [-0.25, -0.2) is 0 Å². The highest BCUT2D eigenvalue weighted by Gasteiger charge is 2.17. The Morgan fingerprint density at radius 1 is 1.00 bits per heavy atom. The van der Waals surface area contributed by atoms with E-state index in [1.165, 1.54) is 33.5 Å². The lowest BCUT2D eigenvalue weighted by Gasteiger charge is -2.14. The number of non-ortho nitro benzene ring substituents is 1. The number of methoxy groups -OCH3 is 3. The van der Waals surface area contributed by atoms with Crippen molar-refractivity contribution in [2.45, 2.75) is 6.92 Å². The minimum absolute atomic E-state index is 0.0178. The number of nitro benzene ring substituents is 1. The number of benzene rings is 2. The van der Waals surface area contributed by atoms with Crippen LogP contribution < -0.4 is 19.0 Å². The second-order valence-corrected chi connectivity index (χ2v) is 4.91. The van der Waals surface area contributed by atoms with Crippen molar-refractivity contribution in [2.75, 3.05) is 21.3 Å². The molecule has 0 unspecified atom stereocenters. The van der Waals surface area contributed by atoms with Crippen LogP contribution in [0.15, 0.2) is 41.6 Å². The molecule has 2 aromatic rings. The Hall–Kier alpha value is -3.29. The second-order valence-electron chi connectivity index (χ2n) is 4.91. The van der Waals surface area contributed by atoms with Crippen LogP contribution in [-0.4, -0.2) is 32.0 Å². The summed E-state index contributed by atoms with van der Waals surface area (Å²) in [6.45, 7) is 1.69. The van der Waals surface area contributed by atoms with Crippen molar-refractivity contribution >= 4 is 11.4 Å². The Kier molecular flexibility index (Phi) is 5.78. The summed E-state index contributed by atoms with van der Waals surface area (Å²) in [5, 5.41) is 14.9. The average molecular weight is 346 g/mol. The maximum atomic E-state index is 10.9. The Morgan fingerprint density at radius 3 is 2.24 bits per heavy atom. The normalized spacial score (nSPS) is 11.0. The second kappa shape index (κ2) is 8.00. The van der Waals surface area contributed by atoms with Crippen LogP contribution in [0, 0.1) is 10.1 Å². The lowest BCUT2D eigenvalue weighted by atomic mass is 10.1. The van der Waals surface area contributed by atoms with E-state index in [2.05, 4.69) is 5.16 Å². The standard InChI is InChI=1S/C17H18N2O6/c1-11(12-6-5-7-13(10-12)19(20)21)18-25-15-9-8-14(22-2)16(23-3)17(15)24-4/h5-10H,1-4H3/b18-11+. The molecular formula is C17H18N2O6. The van der Waals surface area contributed by atoms with Gasteiger partial charge in [0.25, 0.3) is 5.69 Å². The van der Waals surface area contributed by atoms with Gasteiger partial charge in [-0.1, -0.05) is 17.3 Å². The molecule has 0 N–H and O–H groups in total. The maximum absolute atomic E-state index is 10.9. The first-order valence-corrected chi connectivity index (χ1v) is 7.27. The van der Waals surface area contributed by atoms with E-state index in [4.69, 9.17) is 19.0 Å². The van der Waals surface area contributed by atoms with E-state index in [1.807, 2.05) is 0 Å². The summed E-state index contributed by atoms with van der Waals surface area (Å²) >= 11 is 0. The molecule has 0 radical (unpaired) electrons. The first-order chi connectivity index (χ1) is 12.0. The fraction of sp³-hybridized carbons (Fsp3) is 0.235. The third-order valence-electron chi connectivity index (χ3n) is 3.42. The number of nitrogens with zero attached hydrogens (tertiary/aromatic N) is 2. The average Bonchev–Trinajstić information content (AvgIpc) is 2.64. The van der Waals surface area contributed by atoms with Crippen molar-refractivity contribution < 1.29 is 24.0 Å². The van der Waals surface area contributed by atoms with Crippen molar-refractivity contribution in [1.82, 2.24) is 0 Å². The Morgan fingerprint density at radius 2 is 1.64 bits per heavy atom. The summed E-state index contributed by atoms with van der Waals surface area (Å²) in [5.74, 6) is 1.53. The van der Waals surface area contributed by atoms with Crippen LogP contribution in [0.4, 0.5) is 5.69 Å². The summed E-state index contributed by atoms with van der Waals surface area (Å²) in [5.41, 5.74) is 1.03. The predicted octanol–water partition coefficient (Wildman–Crippen LogP) is 3.42. The molecular weight excluding hydrogens is 328 g/mol. The van der Waals surface area contributed by atoms with Crippen molar-refractivity contribution in [3.05, 3.63) is 52.1 Å². The van der Waals surface area contributed by atoms with Crippen LogP contribution in [0.25, 0.3) is 0 Å². The molecule has 0 aliphatic heterocycles. The Labute approximate surface area is 144 Å². The first kappa shape index (κ1) is 18.1. The highest BCUT2D eigenvalue weighted by molar-refractivity contribution is 5.98. The zero-order valence-electron chi connectivity index (χ0n) is 14.3. The van der Waals surface area contributed by atoms with Crippen molar-refractivity contribution in [3.63, 3.8) is 0 Å². The van der Waals surface area contributed by atoms with Gasteiger partial charge in [-0.3, -0.25) is 10.1 Å². The fourth-order valence-corrected chi connectivity index (χ4v) is 2.16. The highest BCUT2D eigenvalue weighted by atomic mass is 16.6. The molecule has 2 rings (SSSR count). The number of nitro groups is 1. The van der Waals surface area contributed by atoms with E-state index < -0.39 is 4.92 Å². The molecule has 0 heterocycles. The van der Waals surface area contributed by atoms with E-state index in [-0.39, 0.29) is 5.69 Å². The number of hydrogen-bond donors (Lipinski definition) is 0. The number of hydrogen-bond acceptors (Lipinski definition) is 7. The molecule has 0 saturated heterocycles. The molecule has 0 aliphatic rings. The van der Waals surface area contributed by atoms with Gasteiger partial charge in [0.2, 0.25) is 17.2 Å². The molecule has 0 aromatic heterocycles. The molecule has 132 valence electrons. The van der Waals surface area contributed by atoms with Gasteiger partial charge >= 0.3 is 0 Å². The van der Waals surface area contributed by atoms with E-state index in [0.29, 0.717) is 34.3 Å². The smallest absolute Gasteiger partial charge is 0.270 e. The van der Waals surface area contributed by atoms with Crippen LogP contribution in [-0.2, 0) is 0 Å². The molecule has 0 spiro atoms. The van der Waals surface area contributed by atoms with Crippen molar-refractivity contribution in [3.8, 4) is 23.0 Å². The van der Waals surface area contributed by atoms with Crippen LogP contribution >= 0.6 is 0 Å².